The molecule has 0 aliphatic carbocycles. The van der Waals surface area contributed by atoms with Gasteiger partial charge in [0, 0.05) is 18.4 Å². The standard InChI is InChI=1S/C21H24N4O/c1-2-3-14-22-20-13-15-23-21(25-20)24-18-9-11-19(12-10-18)26-16-17-7-5-4-6-8-17/h4-13,15H,2-3,14,16H2,1H3,(H2,22,23,24,25). The summed E-state index contributed by atoms with van der Waals surface area (Å²) in [4.78, 5) is 8.74. The van der Waals surface area contributed by atoms with Crippen LogP contribution in [0.15, 0.2) is 66.9 Å². The lowest BCUT2D eigenvalue weighted by molar-refractivity contribution is 0.306. The average Bonchev–Trinajstić information content (AvgIpc) is 2.69. The second-order valence-corrected chi connectivity index (χ2v) is 5.97. The highest BCUT2D eigenvalue weighted by Crippen LogP contribution is 2.19. The molecule has 1 aromatic heterocycles. The van der Waals surface area contributed by atoms with Gasteiger partial charge in [-0.1, -0.05) is 43.7 Å². The van der Waals surface area contributed by atoms with Crippen molar-refractivity contribution in [3.05, 3.63) is 72.4 Å². The summed E-state index contributed by atoms with van der Waals surface area (Å²) in [5.41, 5.74) is 2.07. The smallest absolute Gasteiger partial charge is 0.229 e. The van der Waals surface area contributed by atoms with Crippen LogP contribution in [0.3, 0.4) is 0 Å². The Bertz CT molecular complexity index is 791. The number of hydrogen-bond acceptors (Lipinski definition) is 5. The van der Waals surface area contributed by atoms with Crippen LogP contribution in [0.5, 0.6) is 5.75 Å². The van der Waals surface area contributed by atoms with Crippen LogP contribution in [0.25, 0.3) is 0 Å². The van der Waals surface area contributed by atoms with E-state index >= 15 is 0 Å². The predicted molar refractivity (Wildman–Crippen MR) is 106 cm³/mol. The van der Waals surface area contributed by atoms with Crippen LogP contribution < -0.4 is 15.4 Å². The highest BCUT2D eigenvalue weighted by Gasteiger charge is 2.01. The number of anilines is 3. The van der Waals surface area contributed by atoms with Crippen molar-refractivity contribution >= 4 is 17.5 Å². The summed E-state index contributed by atoms with van der Waals surface area (Å²) in [6.07, 6.45) is 4.03. The van der Waals surface area contributed by atoms with Crippen molar-refractivity contribution in [1.29, 1.82) is 0 Å². The highest BCUT2D eigenvalue weighted by atomic mass is 16.5. The zero-order valence-corrected chi connectivity index (χ0v) is 15.0. The Hall–Kier alpha value is -3.08. The Morgan fingerprint density at radius 1 is 0.962 bits per heavy atom. The molecule has 0 amide bonds. The van der Waals surface area contributed by atoms with E-state index in [9.17, 15) is 0 Å². The molecule has 134 valence electrons. The first kappa shape index (κ1) is 17.7. The maximum atomic E-state index is 5.80. The summed E-state index contributed by atoms with van der Waals surface area (Å²) in [6, 6.07) is 19.8. The first-order chi connectivity index (χ1) is 12.8. The molecule has 0 atom stereocenters. The van der Waals surface area contributed by atoms with E-state index in [1.807, 2.05) is 48.5 Å². The van der Waals surface area contributed by atoms with E-state index in [4.69, 9.17) is 4.74 Å². The number of benzene rings is 2. The van der Waals surface area contributed by atoms with Crippen LogP contribution in [0.2, 0.25) is 0 Å². The number of nitrogens with zero attached hydrogens (tertiary/aromatic N) is 2. The fraction of sp³-hybridized carbons (Fsp3) is 0.238. The number of hydrogen-bond donors (Lipinski definition) is 2. The third-order valence-corrected chi connectivity index (χ3v) is 3.85. The Labute approximate surface area is 154 Å². The van der Waals surface area contributed by atoms with Crippen molar-refractivity contribution in [3.8, 4) is 5.75 Å². The molecule has 0 saturated heterocycles. The van der Waals surface area contributed by atoms with E-state index in [0.29, 0.717) is 12.6 Å². The number of ether oxygens (including phenoxy) is 1. The van der Waals surface area contributed by atoms with Gasteiger partial charge in [0.15, 0.2) is 0 Å². The second-order valence-electron chi connectivity index (χ2n) is 5.97. The normalized spacial score (nSPS) is 10.3. The molecular weight excluding hydrogens is 324 g/mol. The van der Waals surface area contributed by atoms with Gasteiger partial charge in [-0.2, -0.15) is 4.98 Å². The lowest BCUT2D eigenvalue weighted by Crippen LogP contribution is -2.05. The zero-order valence-electron chi connectivity index (χ0n) is 15.0. The van der Waals surface area contributed by atoms with E-state index < -0.39 is 0 Å². The van der Waals surface area contributed by atoms with Gasteiger partial charge >= 0.3 is 0 Å². The van der Waals surface area contributed by atoms with Gasteiger partial charge in [-0.3, -0.25) is 0 Å². The molecule has 5 nitrogen and oxygen atoms in total. The van der Waals surface area contributed by atoms with Gasteiger partial charge in [-0.15, -0.1) is 0 Å². The van der Waals surface area contributed by atoms with E-state index in [1.165, 1.54) is 0 Å². The van der Waals surface area contributed by atoms with Crippen molar-refractivity contribution in [2.45, 2.75) is 26.4 Å². The van der Waals surface area contributed by atoms with Gasteiger partial charge in [0.25, 0.3) is 0 Å². The van der Waals surface area contributed by atoms with Gasteiger partial charge < -0.3 is 15.4 Å². The van der Waals surface area contributed by atoms with Crippen molar-refractivity contribution in [3.63, 3.8) is 0 Å². The lowest BCUT2D eigenvalue weighted by Gasteiger charge is -2.09. The van der Waals surface area contributed by atoms with E-state index in [-0.39, 0.29) is 0 Å². The molecule has 0 fully saturated rings. The fourth-order valence-electron chi connectivity index (χ4n) is 2.42. The Balaban J connectivity index is 1.54. The van der Waals surface area contributed by atoms with Crippen LogP contribution in [-0.4, -0.2) is 16.5 Å². The van der Waals surface area contributed by atoms with Crippen molar-refractivity contribution in [2.24, 2.45) is 0 Å². The molecule has 5 heteroatoms. The minimum Gasteiger partial charge on any atom is -0.489 e. The van der Waals surface area contributed by atoms with Gasteiger partial charge in [-0.25, -0.2) is 4.98 Å². The first-order valence-electron chi connectivity index (χ1n) is 8.94. The molecule has 0 aliphatic heterocycles. The summed E-state index contributed by atoms with van der Waals surface area (Å²) in [6.45, 7) is 3.64. The van der Waals surface area contributed by atoms with Crippen molar-refractivity contribution in [1.82, 2.24) is 9.97 Å². The van der Waals surface area contributed by atoms with Crippen LogP contribution in [0.4, 0.5) is 17.5 Å². The number of rotatable bonds is 9. The van der Waals surface area contributed by atoms with Crippen LogP contribution in [0.1, 0.15) is 25.3 Å². The van der Waals surface area contributed by atoms with Crippen LogP contribution in [-0.2, 0) is 6.61 Å². The lowest BCUT2D eigenvalue weighted by atomic mass is 10.2. The number of nitrogens with one attached hydrogen (secondary N) is 2. The third-order valence-electron chi connectivity index (χ3n) is 3.85. The maximum Gasteiger partial charge on any atom is 0.229 e. The topological polar surface area (TPSA) is 59.1 Å². The number of unbranched alkanes of at least 4 members (excludes halogenated alkanes) is 1. The largest absolute Gasteiger partial charge is 0.489 e. The first-order valence-corrected chi connectivity index (χ1v) is 8.94. The molecule has 2 aromatic carbocycles. The molecule has 0 saturated carbocycles. The van der Waals surface area contributed by atoms with Gasteiger partial charge in [-0.05, 0) is 42.3 Å². The molecule has 3 aromatic rings. The average molecular weight is 348 g/mol. The monoisotopic (exact) mass is 348 g/mol. The zero-order chi connectivity index (χ0) is 18.0. The van der Waals surface area contributed by atoms with Gasteiger partial charge in [0.05, 0.1) is 0 Å². The molecule has 3 rings (SSSR count). The molecule has 0 aliphatic rings. The number of aromatic nitrogens is 2. The van der Waals surface area contributed by atoms with E-state index in [2.05, 4.69) is 39.7 Å². The third kappa shape index (κ3) is 5.48. The molecule has 0 bridgehead atoms. The molecule has 26 heavy (non-hydrogen) atoms. The van der Waals surface area contributed by atoms with Crippen LogP contribution >= 0.6 is 0 Å². The summed E-state index contributed by atoms with van der Waals surface area (Å²) in [5, 5.41) is 6.52. The molecule has 0 radical (unpaired) electrons. The van der Waals surface area contributed by atoms with E-state index in [0.717, 1.165) is 42.2 Å². The SMILES string of the molecule is CCCCNc1ccnc(Nc2ccc(OCc3ccccc3)cc2)n1. The highest BCUT2D eigenvalue weighted by molar-refractivity contribution is 5.55. The summed E-state index contributed by atoms with van der Waals surface area (Å²) < 4.78 is 5.80. The maximum absolute atomic E-state index is 5.80. The van der Waals surface area contributed by atoms with Crippen molar-refractivity contribution in [2.75, 3.05) is 17.2 Å². The Morgan fingerprint density at radius 3 is 2.54 bits per heavy atom. The molecule has 0 spiro atoms. The van der Waals surface area contributed by atoms with Crippen LogP contribution in [0, 0.1) is 0 Å². The molecule has 1 heterocycles. The second kappa shape index (κ2) is 9.42. The fourth-order valence-corrected chi connectivity index (χ4v) is 2.42. The minimum atomic E-state index is 0.558. The predicted octanol–water partition coefficient (Wildman–Crippen LogP) is 5.01. The summed E-state index contributed by atoms with van der Waals surface area (Å²) in [7, 11) is 0. The summed E-state index contributed by atoms with van der Waals surface area (Å²) >= 11 is 0. The Kier molecular flexibility index (Phi) is 6.42. The summed E-state index contributed by atoms with van der Waals surface area (Å²) in [5.74, 6) is 2.23. The molecule has 0 unspecified atom stereocenters. The van der Waals surface area contributed by atoms with Crippen molar-refractivity contribution < 1.29 is 4.74 Å². The van der Waals surface area contributed by atoms with Gasteiger partial charge in [0.1, 0.15) is 18.2 Å². The van der Waals surface area contributed by atoms with Gasteiger partial charge in [0.2, 0.25) is 5.95 Å². The Morgan fingerprint density at radius 2 is 1.77 bits per heavy atom. The molecule has 2 N–H and O–H groups in total. The molecular formula is C21H24N4O. The minimum absolute atomic E-state index is 0.558. The quantitative estimate of drug-likeness (QED) is 0.532. The van der Waals surface area contributed by atoms with E-state index in [1.54, 1.807) is 6.20 Å².